The van der Waals surface area contributed by atoms with Crippen LogP contribution in [-0.4, -0.2) is 5.71 Å². The maximum atomic E-state index is 4.33. The van der Waals surface area contributed by atoms with Crippen molar-refractivity contribution in [1.82, 2.24) is 5.43 Å². The van der Waals surface area contributed by atoms with Gasteiger partial charge in [0.15, 0.2) is 0 Å². The number of allylic oxidation sites excluding steroid dienone is 1. The van der Waals surface area contributed by atoms with E-state index in [1.165, 1.54) is 76.3 Å². The molecule has 1 heterocycles. The van der Waals surface area contributed by atoms with Gasteiger partial charge in [-0.15, -0.1) is 0 Å². The summed E-state index contributed by atoms with van der Waals surface area (Å²) in [7, 11) is 0. The summed E-state index contributed by atoms with van der Waals surface area (Å²) in [5, 5.41) is 4.33. The summed E-state index contributed by atoms with van der Waals surface area (Å²) in [6.07, 6.45) is 19.2. The molecule has 0 spiro atoms. The highest BCUT2D eigenvalue weighted by Crippen LogP contribution is 2.35. The normalized spacial score (nSPS) is 25.7. The van der Waals surface area contributed by atoms with Gasteiger partial charge in [0, 0.05) is 5.41 Å². The quantitative estimate of drug-likeness (QED) is 0.637. The molecule has 2 aliphatic rings. The summed E-state index contributed by atoms with van der Waals surface area (Å²) in [6.45, 7) is 2.39. The summed E-state index contributed by atoms with van der Waals surface area (Å²) >= 11 is 0. The second-order valence-electron chi connectivity index (χ2n) is 6.16. The lowest BCUT2D eigenvalue weighted by Crippen LogP contribution is -2.26. The van der Waals surface area contributed by atoms with E-state index in [1.807, 2.05) is 6.20 Å². The first-order valence-electron chi connectivity index (χ1n) is 7.76. The summed E-state index contributed by atoms with van der Waals surface area (Å²) in [6, 6.07) is 0. The van der Waals surface area contributed by atoms with Crippen LogP contribution in [0.1, 0.15) is 77.6 Å². The summed E-state index contributed by atoms with van der Waals surface area (Å²) in [5.74, 6) is 0. The molecule has 1 aliphatic heterocycles. The first-order chi connectivity index (χ1) is 8.81. The van der Waals surface area contributed by atoms with Crippen LogP contribution in [0, 0.1) is 5.41 Å². The molecule has 1 radical (unpaired) electrons. The minimum absolute atomic E-state index is 0.274. The van der Waals surface area contributed by atoms with Crippen LogP contribution in [0.3, 0.4) is 0 Å². The van der Waals surface area contributed by atoms with E-state index in [4.69, 9.17) is 0 Å². The van der Waals surface area contributed by atoms with Gasteiger partial charge in [-0.05, 0) is 18.9 Å². The van der Waals surface area contributed by atoms with E-state index in [2.05, 4.69) is 23.5 Å². The zero-order valence-electron chi connectivity index (χ0n) is 11.8. The third-order valence-corrected chi connectivity index (χ3v) is 4.54. The van der Waals surface area contributed by atoms with Gasteiger partial charge in [0.2, 0.25) is 0 Å². The maximum Gasteiger partial charge on any atom is 0.0705 e. The minimum atomic E-state index is 0.274. The largest absolute Gasteiger partial charge is 0.159 e. The van der Waals surface area contributed by atoms with E-state index >= 15 is 0 Å². The van der Waals surface area contributed by atoms with Crippen LogP contribution in [0.25, 0.3) is 0 Å². The van der Waals surface area contributed by atoms with E-state index in [0.717, 1.165) is 0 Å². The van der Waals surface area contributed by atoms with Crippen LogP contribution in [0.4, 0.5) is 0 Å². The summed E-state index contributed by atoms with van der Waals surface area (Å²) in [4.78, 5) is 0. The highest BCUT2D eigenvalue weighted by atomic mass is 15.3. The molecule has 1 aliphatic carbocycles. The molecule has 2 nitrogen and oxygen atoms in total. The smallest absolute Gasteiger partial charge is 0.0705 e. The first-order valence-corrected chi connectivity index (χ1v) is 7.76. The molecular weight excluding hydrogens is 220 g/mol. The molecule has 2 rings (SSSR count). The fraction of sp³-hybridized carbons (Fsp3) is 0.812. The molecule has 0 amide bonds. The monoisotopic (exact) mass is 247 g/mol. The van der Waals surface area contributed by atoms with Crippen LogP contribution < -0.4 is 5.43 Å². The van der Waals surface area contributed by atoms with Gasteiger partial charge >= 0.3 is 0 Å². The number of nitrogens with zero attached hydrogens (tertiary/aromatic N) is 2. The molecule has 101 valence electrons. The Morgan fingerprint density at radius 1 is 0.833 bits per heavy atom. The third-order valence-electron chi connectivity index (χ3n) is 4.54. The Kier molecular flexibility index (Phi) is 5.27. The van der Waals surface area contributed by atoms with Crippen LogP contribution in [0.15, 0.2) is 17.4 Å². The lowest BCUT2D eigenvalue weighted by molar-refractivity contribution is 0.351. The molecule has 0 aromatic rings. The van der Waals surface area contributed by atoms with E-state index in [1.54, 1.807) is 0 Å². The Balaban J connectivity index is 1.94. The molecule has 1 saturated carbocycles. The molecule has 2 heteroatoms. The van der Waals surface area contributed by atoms with Gasteiger partial charge < -0.3 is 0 Å². The van der Waals surface area contributed by atoms with Gasteiger partial charge in [-0.2, -0.15) is 10.5 Å². The topological polar surface area (TPSA) is 26.5 Å². The fourth-order valence-corrected chi connectivity index (χ4v) is 3.20. The minimum Gasteiger partial charge on any atom is -0.159 e. The van der Waals surface area contributed by atoms with Crippen LogP contribution in [0.2, 0.25) is 0 Å². The van der Waals surface area contributed by atoms with Crippen molar-refractivity contribution in [1.29, 1.82) is 0 Å². The second kappa shape index (κ2) is 6.96. The Hall–Kier alpha value is -0.790. The molecular formula is C16H27N2. The Labute approximate surface area is 112 Å². The highest BCUT2D eigenvalue weighted by molar-refractivity contribution is 6.00. The average Bonchev–Trinajstić information content (AvgIpc) is 2.88. The van der Waals surface area contributed by atoms with Crippen LogP contribution >= 0.6 is 0 Å². The lowest BCUT2D eigenvalue weighted by Gasteiger charge is -2.29. The number of hydrogen-bond acceptors (Lipinski definition) is 1. The van der Waals surface area contributed by atoms with Gasteiger partial charge in [-0.25, -0.2) is 0 Å². The molecule has 0 N–H and O–H groups in total. The van der Waals surface area contributed by atoms with Gasteiger partial charge in [0.25, 0.3) is 0 Å². The van der Waals surface area contributed by atoms with Crippen LogP contribution in [-0.2, 0) is 0 Å². The molecule has 0 aromatic heterocycles. The predicted octanol–water partition coefficient (Wildman–Crippen LogP) is 4.79. The van der Waals surface area contributed by atoms with E-state index in [0.29, 0.717) is 0 Å². The maximum absolute atomic E-state index is 4.33. The van der Waals surface area contributed by atoms with Crippen molar-refractivity contribution in [2.75, 3.05) is 0 Å². The predicted molar refractivity (Wildman–Crippen MR) is 77.6 cm³/mol. The Bertz CT molecular complexity index is 292. The molecule has 0 bridgehead atoms. The SMILES string of the molecule is CC1(C2=N[N]C=C2)CCCCCCCCCCC1. The van der Waals surface area contributed by atoms with Crippen molar-refractivity contribution in [3.8, 4) is 0 Å². The van der Waals surface area contributed by atoms with Gasteiger partial charge in [-0.1, -0.05) is 64.7 Å². The Morgan fingerprint density at radius 2 is 1.33 bits per heavy atom. The van der Waals surface area contributed by atoms with Crippen molar-refractivity contribution in [2.45, 2.75) is 77.6 Å². The highest BCUT2D eigenvalue weighted by Gasteiger charge is 2.29. The summed E-state index contributed by atoms with van der Waals surface area (Å²) < 4.78 is 0. The van der Waals surface area contributed by atoms with Crippen LogP contribution in [0.5, 0.6) is 0 Å². The molecule has 1 fully saturated rings. The zero-order valence-corrected chi connectivity index (χ0v) is 11.8. The van der Waals surface area contributed by atoms with Gasteiger partial charge in [-0.3, -0.25) is 0 Å². The zero-order chi connectivity index (χ0) is 12.7. The van der Waals surface area contributed by atoms with Crippen molar-refractivity contribution in [3.63, 3.8) is 0 Å². The standard InChI is InChI=1S/C16H27N2/c1-16(15-11-14-17-18-15)12-9-7-5-3-2-4-6-8-10-13-16/h11,14H,2-10,12-13H2,1H3. The van der Waals surface area contributed by atoms with Gasteiger partial charge in [0.05, 0.1) is 11.9 Å². The van der Waals surface area contributed by atoms with Gasteiger partial charge in [0.1, 0.15) is 0 Å². The summed E-state index contributed by atoms with van der Waals surface area (Å²) in [5.41, 5.74) is 5.52. The molecule has 0 aromatic carbocycles. The van der Waals surface area contributed by atoms with Crippen molar-refractivity contribution in [3.05, 3.63) is 12.3 Å². The lowest BCUT2D eigenvalue weighted by atomic mass is 9.75. The van der Waals surface area contributed by atoms with E-state index in [9.17, 15) is 0 Å². The fourth-order valence-electron chi connectivity index (χ4n) is 3.20. The van der Waals surface area contributed by atoms with E-state index < -0.39 is 0 Å². The molecule has 0 unspecified atom stereocenters. The number of rotatable bonds is 1. The molecule has 0 atom stereocenters. The first kappa shape index (κ1) is 13.6. The molecule has 18 heavy (non-hydrogen) atoms. The van der Waals surface area contributed by atoms with Crippen molar-refractivity contribution in [2.24, 2.45) is 10.5 Å². The van der Waals surface area contributed by atoms with E-state index in [-0.39, 0.29) is 5.41 Å². The van der Waals surface area contributed by atoms with Crippen molar-refractivity contribution >= 4 is 5.71 Å². The average molecular weight is 247 g/mol. The number of hydrogen-bond donors (Lipinski definition) is 0. The second-order valence-corrected chi connectivity index (χ2v) is 6.16. The van der Waals surface area contributed by atoms with Crippen molar-refractivity contribution < 1.29 is 0 Å². The Morgan fingerprint density at radius 3 is 1.78 bits per heavy atom. The molecule has 0 saturated heterocycles. The third kappa shape index (κ3) is 3.86.